The van der Waals surface area contributed by atoms with Crippen molar-refractivity contribution < 1.29 is 4.74 Å². The molecule has 2 aliphatic heterocycles. The molecule has 0 amide bonds. The number of halogens is 1. The summed E-state index contributed by atoms with van der Waals surface area (Å²) in [5.41, 5.74) is 0. The second-order valence-electron chi connectivity index (χ2n) is 4.56. The van der Waals surface area contributed by atoms with Gasteiger partial charge in [0.05, 0.1) is 6.10 Å². The smallest absolute Gasteiger partial charge is 0.0702 e. The van der Waals surface area contributed by atoms with Gasteiger partial charge in [0.25, 0.3) is 0 Å². The number of hydrogen-bond acceptors (Lipinski definition) is 2. The van der Waals surface area contributed by atoms with Gasteiger partial charge >= 0.3 is 0 Å². The Balaban J connectivity index is 1.69. The van der Waals surface area contributed by atoms with Gasteiger partial charge in [-0.2, -0.15) is 0 Å². The van der Waals surface area contributed by atoms with E-state index in [9.17, 15) is 0 Å². The van der Waals surface area contributed by atoms with E-state index in [1.54, 1.807) is 0 Å². The van der Waals surface area contributed by atoms with Crippen molar-refractivity contribution in [3.05, 3.63) is 0 Å². The molecular weight excluding hydrogens is 242 g/mol. The van der Waals surface area contributed by atoms with Crippen LogP contribution in [0.3, 0.4) is 0 Å². The molecule has 0 aromatic carbocycles. The van der Waals surface area contributed by atoms with Crippen molar-refractivity contribution in [2.24, 2.45) is 5.92 Å². The number of nitrogens with zero attached hydrogens (tertiary/aromatic N) is 1. The molecule has 0 aliphatic carbocycles. The maximum absolute atomic E-state index is 5.76. The average Bonchev–Trinajstić information content (AvgIpc) is 2.67. The van der Waals surface area contributed by atoms with Crippen molar-refractivity contribution >= 4 is 15.9 Å². The third kappa shape index (κ3) is 2.94. The molecule has 82 valence electrons. The van der Waals surface area contributed by atoms with Crippen LogP contribution in [0.4, 0.5) is 0 Å². The highest BCUT2D eigenvalue weighted by Gasteiger charge is 2.24. The number of likely N-dealkylation sites (tertiary alicyclic amines) is 1. The zero-order chi connectivity index (χ0) is 9.80. The highest BCUT2D eigenvalue weighted by molar-refractivity contribution is 9.09. The summed E-state index contributed by atoms with van der Waals surface area (Å²) in [5.74, 6) is 0.874. The topological polar surface area (TPSA) is 12.5 Å². The Bertz CT molecular complexity index is 171. The molecule has 2 unspecified atom stereocenters. The Kier molecular flexibility index (Phi) is 4.26. The molecule has 2 rings (SSSR count). The first kappa shape index (κ1) is 10.9. The minimum Gasteiger partial charge on any atom is -0.377 e. The molecule has 0 N–H and O–H groups in total. The van der Waals surface area contributed by atoms with Crippen LogP contribution in [0.15, 0.2) is 0 Å². The van der Waals surface area contributed by atoms with Gasteiger partial charge in [0.2, 0.25) is 0 Å². The summed E-state index contributed by atoms with van der Waals surface area (Å²) in [6, 6.07) is 0. The Morgan fingerprint density at radius 3 is 2.86 bits per heavy atom. The van der Waals surface area contributed by atoms with Crippen LogP contribution in [0, 0.1) is 5.92 Å². The Morgan fingerprint density at radius 1 is 1.29 bits per heavy atom. The summed E-state index contributed by atoms with van der Waals surface area (Å²) in [5, 5.41) is 1.16. The first-order chi connectivity index (χ1) is 6.88. The van der Waals surface area contributed by atoms with Gasteiger partial charge in [-0.3, -0.25) is 0 Å². The lowest BCUT2D eigenvalue weighted by Crippen LogP contribution is -2.34. The lowest BCUT2D eigenvalue weighted by Gasteiger charge is -2.27. The van der Waals surface area contributed by atoms with E-state index < -0.39 is 0 Å². The molecule has 0 saturated carbocycles. The van der Waals surface area contributed by atoms with Gasteiger partial charge in [-0.25, -0.2) is 0 Å². The summed E-state index contributed by atoms with van der Waals surface area (Å²) in [7, 11) is 0. The summed E-state index contributed by atoms with van der Waals surface area (Å²) >= 11 is 3.57. The van der Waals surface area contributed by atoms with E-state index >= 15 is 0 Å². The number of alkyl halides is 1. The predicted molar refractivity (Wildman–Crippen MR) is 61.9 cm³/mol. The van der Waals surface area contributed by atoms with Gasteiger partial charge in [-0.1, -0.05) is 15.9 Å². The van der Waals surface area contributed by atoms with Crippen LogP contribution in [-0.2, 0) is 4.74 Å². The zero-order valence-corrected chi connectivity index (χ0v) is 10.3. The van der Waals surface area contributed by atoms with Gasteiger partial charge in [0, 0.05) is 25.0 Å². The lowest BCUT2D eigenvalue weighted by atomic mass is 10.1. The molecule has 0 bridgehead atoms. The van der Waals surface area contributed by atoms with Crippen LogP contribution in [0.5, 0.6) is 0 Å². The largest absolute Gasteiger partial charge is 0.377 e. The Morgan fingerprint density at radius 2 is 2.21 bits per heavy atom. The fraction of sp³-hybridized carbons (Fsp3) is 1.00. The highest BCUT2D eigenvalue weighted by atomic mass is 79.9. The molecule has 14 heavy (non-hydrogen) atoms. The van der Waals surface area contributed by atoms with Crippen LogP contribution in [0.1, 0.15) is 25.7 Å². The second-order valence-corrected chi connectivity index (χ2v) is 5.20. The van der Waals surface area contributed by atoms with Crippen LogP contribution in [0.25, 0.3) is 0 Å². The molecule has 2 aliphatic rings. The van der Waals surface area contributed by atoms with Gasteiger partial charge < -0.3 is 9.64 Å². The molecule has 2 fully saturated rings. The van der Waals surface area contributed by atoms with Gasteiger partial charge in [-0.15, -0.1) is 0 Å². The van der Waals surface area contributed by atoms with Crippen LogP contribution in [-0.4, -0.2) is 42.6 Å². The van der Waals surface area contributed by atoms with E-state index in [4.69, 9.17) is 4.74 Å². The maximum atomic E-state index is 5.76. The predicted octanol–water partition coefficient (Wildman–Crippen LogP) is 2.27. The Labute approximate surface area is 95.1 Å². The molecule has 0 aromatic heterocycles. The molecule has 2 atom stereocenters. The first-order valence-electron chi connectivity index (χ1n) is 5.78. The SMILES string of the molecule is BrCC1CCN(CC2CCCCO2)C1. The lowest BCUT2D eigenvalue weighted by molar-refractivity contribution is -0.00224. The summed E-state index contributed by atoms with van der Waals surface area (Å²) in [6.07, 6.45) is 5.78. The van der Waals surface area contributed by atoms with Crippen molar-refractivity contribution in [2.45, 2.75) is 31.8 Å². The summed E-state index contributed by atoms with van der Waals surface area (Å²) in [4.78, 5) is 2.57. The van der Waals surface area contributed by atoms with Crippen molar-refractivity contribution in [1.82, 2.24) is 4.90 Å². The van der Waals surface area contributed by atoms with Crippen LogP contribution < -0.4 is 0 Å². The Hall–Kier alpha value is 0.400. The third-order valence-electron chi connectivity index (χ3n) is 3.32. The van der Waals surface area contributed by atoms with Crippen LogP contribution in [0.2, 0.25) is 0 Å². The molecular formula is C11H20BrNO. The van der Waals surface area contributed by atoms with Crippen molar-refractivity contribution in [3.8, 4) is 0 Å². The quantitative estimate of drug-likeness (QED) is 0.723. The van der Waals surface area contributed by atoms with Crippen molar-refractivity contribution in [2.75, 3.05) is 31.6 Å². The van der Waals surface area contributed by atoms with Gasteiger partial charge in [-0.05, 0) is 38.1 Å². The van der Waals surface area contributed by atoms with E-state index in [0.717, 1.165) is 17.9 Å². The van der Waals surface area contributed by atoms with Crippen molar-refractivity contribution in [3.63, 3.8) is 0 Å². The first-order valence-corrected chi connectivity index (χ1v) is 6.90. The molecule has 2 saturated heterocycles. The molecule has 2 heterocycles. The minimum absolute atomic E-state index is 0.526. The van der Waals surface area contributed by atoms with E-state index in [1.165, 1.54) is 45.3 Å². The maximum Gasteiger partial charge on any atom is 0.0702 e. The van der Waals surface area contributed by atoms with E-state index in [-0.39, 0.29) is 0 Å². The number of rotatable bonds is 3. The van der Waals surface area contributed by atoms with E-state index in [2.05, 4.69) is 20.8 Å². The van der Waals surface area contributed by atoms with E-state index in [0.29, 0.717) is 6.10 Å². The number of ether oxygens (including phenoxy) is 1. The minimum atomic E-state index is 0.526. The fourth-order valence-corrected chi connectivity index (χ4v) is 2.97. The summed E-state index contributed by atoms with van der Waals surface area (Å²) < 4.78 is 5.76. The monoisotopic (exact) mass is 261 g/mol. The fourth-order valence-electron chi connectivity index (χ4n) is 2.44. The van der Waals surface area contributed by atoms with Gasteiger partial charge in [0.15, 0.2) is 0 Å². The molecule has 2 nitrogen and oxygen atoms in total. The van der Waals surface area contributed by atoms with Crippen LogP contribution >= 0.6 is 15.9 Å². The van der Waals surface area contributed by atoms with E-state index in [1.807, 2.05) is 0 Å². The second kappa shape index (κ2) is 5.47. The molecule has 0 spiro atoms. The third-order valence-corrected chi connectivity index (χ3v) is 4.24. The average molecular weight is 262 g/mol. The summed E-state index contributed by atoms with van der Waals surface area (Å²) in [6.45, 7) is 4.70. The van der Waals surface area contributed by atoms with Gasteiger partial charge in [0.1, 0.15) is 0 Å². The standard InChI is InChI=1S/C11H20BrNO/c12-7-10-4-5-13(8-10)9-11-3-1-2-6-14-11/h10-11H,1-9H2. The molecule has 0 radical (unpaired) electrons. The normalized spacial score (nSPS) is 34.9. The zero-order valence-electron chi connectivity index (χ0n) is 8.75. The molecule has 3 heteroatoms. The highest BCUT2D eigenvalue weighted by Crippen LogP contribution is 2.21. The van der Waals surface area contributed by atoms with Crippen molar-refractivity contribution in [1.29, 1.82) is 0 Å². The number of hydrogen-bond donors (Lipinski definition) is 0. The molecule has 0 aromatic rings.